The number of alkyl halides is 2. The van der Waals surface area contributed by atoms with Crippen molar-refractivity contribution in [3.05, 3.63) is 79.9 Å². The van der Waals surface area contributed by atoms with E-state index in [4.69, 9.17) is 16.3 Å². The van der Waals surface area contributed by atoms with Gasteiger partial charge < -0.3 is 9.64 Å². The summed E-state index contributed by atoms with van der Waals surface area (Å²) in [6.07, 6.45) is 1.96. The first kappa shape index (κ1) is 33.9. The Balaban J connectivity index is 1.33. The van der Waals surface area contributed by atoms with Gasteiger partial charge in [0, 0.05) is 59.5 Å². The van der Waals surface area contributed by atoms with Crippen molar-refractivity contribution in [2.24, 2.45) is 0 Å². The van der Waals surface area contributed by atoms with Gasteiger partial charge in [0.15, 0.2) is 0 Å². The van der Waals surface area contributed by atoms with Gasteiger partial charge in [-0.05, 0) is 44.0 Å². The number of aryl methyl sites for hydroxylation is 1. The molecule has 10 nitrogen and oxygen atoms in total. The molecule has 0 spiro atoms. The number of methoxy groups -OCH3 is 1. The lowest BCUT2D eigenvalue weighted by Gasteiger charge is -2.37. The first-order valence-corrected chi connectivity index (χ1v) is 16.6. The molecule has 250 valence electrons. The minimum Gasteiger partial charge on any atom is -0.465 e. The SMILES string of the molecule is COC(=O)c1csc2c(-c3cc(Cl)ccc3C#CCn3c(C)nc4cnc(N(C)C5CCN(CC(F)F)CC5)c(C#N)c4c3=O)ccnc12. The molecule has 1 aliphatic rings. The van der Waals surface area contributed by atoms with Gasteiger partial charge in [0.1, 0.15) is 23.3 Å². The Bertz CT molecular complexity index is 2250. The summed E-state index contributed by atoms with van der Waals surface area (Å²) in [5, 5.41) is 12.6. The lowest BCUT2D eigenvalue weighted by atomic mass is 10.00. The molecule has 1 saturated heterocycles. The molecule has 0 radical (unpaired) electrons. The van der Waals surface area contributed by atoms with Crippen LogP contribution in [0.15, 0.2) is 46.8 Å². The highest BCUT2D eigenvalue weighted by atomic mass is 35.5. The van der Waals surface area contributed by atoms with Crippen molar-refractivity contribution in [1.82, 2.24) is 24.4 Å². The number of nitrogens with zero attached hydrogens (tertiary/aromatic N) is 7. The highest BCUT2D eigenvalue weighted by Gasteiger charge is 2.27. The molecular weight excluding hydrogens is 672 g/mol. The van der Waals surface area contributed by atoms with Crippen LogP contribution in [0.5, 0.6) is 0 Å². The summed E-state index contributed by atoms with van der Waals surface area (Å²) >= 11 is 7.77. The minimum atomic E-state index is -2.39. The number of aromatic nitrogens is 4. The monoisotopic (exact) mass is 701 g/mol. The molecule has 0 unspecified atom stereocenters. The topological polar surface area (TPSA) is 117 Å². The van der Waals surface area contributed by atoms with E-state index in [1.807, 2.05) is 11.0 Å². The molecule has 14 heteroatoms. The van der Waals surface area contributed by atoms with Crippen LogP contribution in [-0.2, 0) is 11.3 Å². The molecule has 0 bridgehead atoms. The maximum absolute atomic E-state index is 13.9. The number of benzene rings is 1. The summed E-state index contributed by atoms with van der Waals surface area (Å²) in [4.78, 5) is 43.3. The first-order valence-electron chi connectivity index (χ1n) is 15.4. The maximum Gasteiger partial charge on any atom is 0.340 e. The van der Waals surface area contributed by atoms with E-state index >= 15 is 0 Å². The van der Waals surface area contributed by atoms with Crippen LogP contribution in [-0.4, -0.2) is 76.6 Å². The molecule has 6 rings (SSSR count). The quantitative estimate of drug-likeness (QED) is 0.151. The van der Waals surface area contributed by atoms with Gasteiger partial charge in [-0.1, -0.05) is 23.4 Å². The molecular formula is C35H30ClF2N7O3S. The van der Waals surface area contributed by atoms with Crippen LogP contribution >= 0.6 is 22.9 Å². The Hall–Kier alpha value is -4.95. The summed E-state index contributed by atoms with van der Waals surface area (Å²) in [6, 6.07) is 9.28. The molecule has 0 saturated carbocycles. The van der Waals surface area contributed by atoms with Gasteiger partial charge in [-0.2, -0.15) is 5.26 Å². The smallest absolute Gasteiger partial charge is 0.340 e. The van der Waals surface area contributed by atoms with E-state index in [1.54, 1.807) is 48.6 Å². The van der Waals surface area contributed by atoms with Crippen LogP contribution < -0.4 is 10.5 Å². The molecule has 49 heavy (non-hydrogen) atoms. The van der Waals surface area contributed by atoms with E-state index < -0.39 is 18.0 Å². The number of carbonyl (C=O) groups is 1. The number of likely N-dealkylation sites (tertiary alicyclic amines) is 1. The van der Waals surface area contributed by atoms with Gasteiger partial charge in [-0.25, -0.2) is 23.5 Å². The van der Waals surface area contributed by atoms with Gasteiger partial charge in [0.2, 0.25) is 0 Å². The molecule has 1 aromatic carbocycles. The number of fused-ring (bicyclic) bond motifs is 2. The van der Waals surface area contributed by atoms with Gasteiger partial charge in [0.05, 0.1) is 53.1 Å². The molecule has 0 atom stereocenters. The van der Waals surface area contributed by atoms with Crippen molar-refractivity contribution >= 4 is 55.8 Å². The van der Waals surface area contributed by atoms with Crippen molar-refractivity contribution in [3.63, 3.8) is 0 Å². The number of halogens is 3. The summed E-state index contributed by atoms with van der Waals surface area (Å²) < 4.78 is 32.9. The van der Waals surface area contributed by atoms with Crippen LogP contribution in [0.4, 0.5) is 14.6 Å². The second-order valence-electron chi connectivity index (χ2n) is 11.6. The largest absolute Gasteiger partial charge is 0.465 e. The van der Waals surface area contributed by atoms with Crippen LogP contribution in [0.3, 0.4) is 0 Å². The Labute approximate surface area is 289 Å². The van der Waals surface area contributed by atoms with Crippen molar-refractivity contribution < 1.29 is 18.3 Å². The zero-order valence-electron chi connectivity index (χ0n) is 26.8. The number of esters is 1. The van der Waals surface area contributed by atoms with Crippen LogP contribution in [0.2, 0.25) is 5.02 Å². The number of ether oxygens (including phenoxy) is 1. The van der Waals surface area contributed by atoms with Crippen molar-refractivity contribution in [3.8, 4) is 29.0 Å². The average Bonchev–Trinajstić information content (AvgIpc) is 3.53. The standard InChI is InChI=1S/C35H30ClF2N7O3S/c1-20-42-28-17-41-33(43(2)23-9-13-44(14-10-23)18-29(37)38)26(16-39)30(28)34(46)45(20)12-4-5-21-6-7-22(36)15-25(21)24-8-11-40-31-27(35(47)48-3)19-49-32(24)31/h6-8,11,15,17,19,23,29H,9-10,12-14,18H2,1-3H3. The number of thiophene rings is 1. The number of carbonyl (C=O) groups excluding carboxylic acids is 1. The summed E-state index contributed by atoms with van der Waals surface area (Å²) in [5.74, 6) is 6.55. The predicted octanol–water partition coefficient (Wildman–Crippen LogP) is 5.91. The third-order valence-electron chi connectivity index (χ3n) is 8.71. The maximum atomic E-state index is 13.9. The normalized spacial score (nSPS) is 13.8. The Morgan fingerprint density at radius 2 is 2.00 bits per heavy atom. The zero-order chi connectivity index (χ0) is 34.8. The highest BCUT2D eigenvalue weighted by Crippen LogP contribution is 2.36. The van der Waals surface area contributed by atoms with Gasteiger partial charge in [-0.3, -0.25) is 19.2 Å². The Morgan fingerprint density at radius 1 is 1.22 bits per heavy atom. The fourth-order valence-corrected chi connectivity index (χ4v) is 7.38. The van der Waals surface area contributed by atoms with E-state index in [9.17, 15) is 23.6 Å². The van der Waals surface area contributed by atoms with Crippen molar-refractivity contribution in [2.75, 3.05) is 38.7 Å². The molecule has 0 amide bonds. The number of pyridine rings is 2. The minimum absolute atomic E-state index is 0.00607. The number of piperidine rings is 1. The van der Waals surface area contributed by atoms with Crippen molar-refractivity contribution in [2.45, 2.75) is 38.8 Å². The molecule has 1 aliphatic heterocycles. The van der Waals surface area contributed by atoms with Gasteiger partial charge in [0.25, 0.3) is 12.0 Å². The van der Waals surface area contributed by atoms with Gasteiger partial charge >= 0.3 is 5.97 Å². The fourth-order valence-electron chi connectivity index (χ4n) is 6.19. The van der Waals surface area contributed by atoms with E-state index in [0.717, 1.165) is 15.8 Å². The number of anilines is 1. The predicted molar refractivity (Wildman–Crippen MR) is 185 cm³/mol. The number of hydrogen-bond donors (Lipinski definition) is 0. The molecule has 4 aromatic heterocycles. The number of hydrogen-bond acceptors (Lipinski definition) is 10. The van der Waals surface area contributed by atoms with E-state index in [1.165, 1.54) is 29.2 Å². The third kappa shape index (κ3) is 6.70. The average molecular weight is 702 g/mol. The van der Waals surface area contributed by atoms with Crippen LogP contribution in [0.1, 0.15) is 40.2 Å². The molecule has 5 heterocycles. The third-order valence-corrected chi connectivity index (χ3v) is 9.95. The van der Waals surface area contributed by atoms with Crippen LogP contribution in [0, 0.1) is 30.1 Å². The van der Waals surface area contributed by atoms with E-state index in [2.05, 4.69) is 32.9 Å². The van der Waals surface area contributed by atoms with E-state index in [-0.39, 0.29) is 30.1 Å². The van der Waals surface area contributed by atoms with Crippen molar-refractivity contribution in [1.29, 1.82) is 5.26 Å². The summed E-state index contributed by atoms with van der Waals surface area (Å²) in [7, 11) is 3.13. The zero-order valence-corrected chi connectivity index (χ0v) is 28.4. The first-order chi connectivity index (χ1) is 23.6. The Morgan fingerprint density at radius 3 is 2.71 bits per heavy atom. The fraction of sp³-hybridized carbons (Fsp3) is 0.314. The molecule has 1 fully saturated rings. The lowest BCUT2D eigenvalue weighted by molar-refractivity contribution is 0.0603. The highest BCUT2D eigenvalue weighted by molar-refractivity contribution is 7.18. The number of rotatable bonds is 7. The molecule has 0 aliphatic carbocycles. The van der Waals surface area contributed by atoms with Gasteiger partial charge in [-0.15, -0.1) is 11.3 Å². The number of nitriles is 1. The lowest BCUT2D eigenvalue weighted by Crippen LogP contribution is -2.45. The molecule has 0 N–H and O–H groups in total. The summed E-state index contributed by atoms with van der Waals surface area (Å²) in [5.41, 5.74) is 3.05. The molecule has 5 aromatic rings. The summed E-state index contributed by atoms with van der Waals surface area (Å²) in [6.45, 7) is 2.43. The Kier molecular flexibility index (Phi) is 9.88. The second-order valence-corrected chi connectivity index (χ2v) is 12.9. The van der Waals surface area contributed by atoms with Crippen LogP contribution in [0.25, 0.3) is 32.2 Å². The second kappa shape index (κ2) is 14.3. The van der Waals surface area contributed by atoms with E-state index in [0.29, 0.717) is 64.8 Å².